The van der Waals surface area contributed by atoms with E-state index in [1.54, 1.807) is 18.2 Å². The Bertz CT molecular complexity index is 1190. The molecule has 2 aliphatic rings. The number of nitrogens with one attached hydrogen (secondary N) is 1. The number of hydrogen-bond acceptors (Lipinski definition) is 5. The van der Waals surface area contributed by atoms with Gasteiger partial charge >= 0.3 is 0 Å². The van der Waals surface area contributed by atoms with E-state index in [-0.39, 0.29) is 0 Å². The number of aromatic nitrogens is 2. The molecule has 2 aromatic carbocycles. The predicted molar refractivity (Wildman–Crippen MR) is 123 cm³/mol. The minimum absolute atomic E-state index is 0.313. The highest BCUT2D eigenvalue weighted by atomic mass is 32.2. The quantitative estimate of drug-likeness (QED) is 0.643. The first-order valence-corrected chi connectivity index (χ1v) is 12.4. The second kappa shape index (κ2) is 8.30. The Kier molecular flexibility index (Phi) is 5.36. The fourth-order valence-corrected chi connectivity index (χ4v) is 5.53. The Balaban J connectivity index is 1.36. The van der Waals surface area contributed by atoms with Crippen LogP contribution in [-0.4, -0.2) is 31.7 Å². The first-order chi connectivity index (χ1) is 15.1. The van der Waals surface area contributed by atoms with Gasteiger partial charge in [0.05, 0.1) is 10.6 Å². The smallest absolute Gasteiger partial charge is 0.261 e. The molecule has 0 saturated carbocycles. The number of sulfonamides is 1. The summed E-state index contributed by atoms with van der Waals surface area (Å²) in [5, 5.41) is 8.74. The standard InChI is InChI=1S/C24H26N4O2S/c29-31(30,22-11-10-18-6-1-2-7-19(18)17-22)27-21-9-5-8-20(16-21)23-12-13-24(26-25-23)28-14-3-4-15-28/h5,8-13,16-17,27H,1-4,6-7,14-15H2. The van der Waals surface area contributed by atoms with Crippen LogP contribution in [0.3, 0.4) is 0 Å². The number of aryl methyl sites for hydroxylation is 2. The lowest BCUT2D eigenvalue weighted by atomic mass is 9.92. The molecule has 1 aliphatic carbocycles. The van der Waals surface area contributed by atoms with Gasteiger partial charge in [-0.3, -0.25) is 4.72 Å². The van der Waals surface area contributed by atoms with Crippen molar-refractivity contribution < 1.29 is 8.42 Å². The Morgan fingerprint density at radius 1 is 0.806 bits per heavy atom. The molecule has 1 aliphatic heterocycles. The van der Waals surface area contributed by atoms with Crippen molar-refractivity contribution in [1.29, 1.82) is 0 Å². The van der Waals surface area contributed by atoms with Crippen LogP contribution in [0, 0.1) is 0 Å². The molecule has 0 amide bonds. The summed E-state index contributed by atoms with van der Waals surface area (Å²) < 4.78 is 28.7. The van der Waals surface area contributed by atoms with Gasteiger partial charge in [-0.25, -0.2) is 8.42 Å². The van der Waals surface area contributed by atoms with Crippen molar-refractivity contribution in [3.05, 3.63) is 65.7 Å². The fraction of sp³-hybridized carbons (Fsp3) is 0.333. The zero-order valence-electron chi connectivity index (χ0n) is 17.4. The van der Waals surface area contributed by atoms with E-state index in [1.807, 2.05) is 36.4 Å². The SMILES string of the molecule is O=S(=O)(Nc1cccc(-c2ccc(N3CCCC3)nn2)c1)c1ccc2c(c1)CCCC2. The molecule has 0 spiro atoms. The number of hydrogen-bond donors (Lipinski definition) is 1. The summed E-state index contributed by atoms with van der Waals surface area (Å²) in [5.74, 6) is 0.894. The van der Waals surface area contributed by atoms with E-state index in [0.717, 1.165) is 55.0 Å². The summed E-state index contributed by atoms with van der Waals surface area (Å²) in [4.78, 5) is 2.55. The Morgan fingerprint density at radius 2 is 1.61 bits per heavy atom. The van der Waals surface area contributed by atoms with E-state index in [1.165, 1.54) is 24.8 Å². The van der Waals surface area contributed by atoms with Gasteiger partial charge in [-0.05, 0) is 86.1 Å². The van der Waals surface area contributed by atoms with Gasteiger partial charge in [0, 0.05) is 24.3 Å². The van der Waals surface area contributed by atoms with Crippen molar-refractivity contribution in [3.63, 3.8) is 0 Å². The van der Waals surface area contributed by atoms with Crippen LogP contribution in [0.2, 0.25) is 0 Å². The summed E-state index contributed by atoms with van der Waals surface area (Å²) in [6.07, 6.45) is 6.64. The molecular weight excluding hydrogens is 408 g/mol. The average Bonchev–Trinajstić information content (AvgIpc) is 3.34. The van der Waals surface area contributed by atoms with E-state index in [4.69, 9.17) is 0 Å². The van der Waals surface area contributed by atoms with Gasteiger partial charge in [-0.15, -0.1) is 10.2 Å². The maximum Gasteiger partial charge on any atom is 0.261 e. The van der Waals surface area contributed by atoms with Gasteiger partial charge in [-0.1, -0.05) is 18.2 Å². The molecule has 0 bridgehead atoms. The molecule has 0 unspecified atom stereocenters. The largest absolute Gasteiger partial charge is 0.355 e. The van der Waals surface area contributed by atoms with Crippen molar-refractivity contribution in [2.75, 3.05) is 22.7 Å². The van der Waals surface area contributed by atoms with Gasteiger partial charge in [0.25, 0.3) is 10.0 Å². The third kappa shape index (κ3) is 4.28. The van der Waals surface area contributed by atoms with Gasteiger partial charge < -0.3 is 4.90 Å². The second-order valence-electron chi connectivity index (χ2n) is 8.29. The summed E-state index contributed by atoms with van der Waals surface area (Å²) >= 11 is 0. The topological polar surface area (TPSA) is 75.2 Å². The minimum Gasteiger partial charge on any atom is -0.355 e. The van der Waals surface area contributed by atoms with Crippen molar-refractivity contribution in [2.45, 2.75) is 43.4 Å². The normalized spacial score (nSPS) is 16.2. The van der Waals surface area contributed by atoms with Crippen LogP contribution in [0.25, 0.3) is 11.3 Å². The zero-order valence-corrected chi connectivity index (χ0v) is 18.2. The van der Waals surface area contributed by atoms with E-state index in [9.17, 15) is 8.42 Å². The van der Waals surface area contributed by atoms with E-state index in [2.05, 4.69) is 19.8 Å². The summed E-state index contributed by atoms with van der Waals surface area (Å²) in [6.45, 7) is 2.04. The highest BCUT2D eigenvalue weighted by Gasteiger charge is 2.18. The van der Waals surface area contributed by atoms with Crippen molar-refractivity contribution in [2.24, 2.45) is 0 Å². The molecule has 7 heteroatoms. The predicted octanol–water partition coefficient (Wildman–Crippen LogP) is 4.42. The van der Waals surface area contributed by atoms with Gasteiger partial charge in [-0.2, -0.15) is 0 Å². The van der Waals surface area contributed by atoms with Crippen LogP contribution in [-0.2, 0) is 22.9 Å². The maximum atomic E-state index is 13.0. The van der Waals surface area contributed by atoms with Gasteiger partial charge in [0.2, 0.25) is 0 Å². The molecule has 5 rings (SSSR count). The number of rotatable bonds is 5. The molecule has 1 saturated heterocycles. The van der Waals surface area contributed by atoms with Crippen molar-refractivity contribution in [1.82, 2.24) is 10.2 Å². The molecule has 6 nitrogen and oxygen atoms in total. The Hall–Kier alpha value is -2.93. The van der Waals surface area contributed by atoms with Crippen LogP contribution in [0.15, 0.2) is 59.5 Å². The number of benzene rings is 2. The molecule has 3 aromatic rings. The minimum atomic E-state index is -3.66. The zero-order chi connectivity index (χ0) is 21.3. The van der Waals surface area contributed by atoms with Gasteiger partial charge in [0.1, 0.15) is 0 Å². The highest BCUT2D eigenvalue weighted by Crippen LogP contribution is 2.27. The molecule has 1 fully saturated rings. The van der Waals surface area contributed by atoms with E-state index in [0.29, 0.717) is 10.6 Å². The number of nitrogens with zero attached hydrogens (tertiary/aromatic N) is 3. The third-order valence-corrected chi connectivity index (χ3v) is 7.50. The third-order valence-electron chi connectivity index (χ3n) is 6.12. The first kappa shape index (κ1) is 20.0. The lowest BCUT2D eigenvalue weighted by Crippen LogP contribution is -2.19. The monoisotopic (exact) mass is 434 g/mol. The molecule has 31 heavy (non-hydrogen) atoms. The first-order valence-electron chi connectivity index (χ1n) is 10.9. The van der Waals surface area contributed by atoms with Crippen molar-refractivity contribution >= 4 is 21.5 Å². The molecule has 1 N–H and O–H groups in total. The summed E-state index contributed by atoms with van der Waals surface area (Å²) in [7, 11) is -3.66. The lowest BCUT2D eigenvalue weighted by molar-refractivity contribution is 0.600. The molecule has 160 valence electrons. The second-order valence-corrected chi connectivity index (χ2v) is 9.98. The van der Waals surface area contributed by atoms with E-state index < -0.39 is 10.0 Å². The average molecular weight is 435 g/mol. The molecular formula is C24H26N4O2S. The van der Waals surface area contributed by atoms with Crippen LogP contribution >= 0.6 is 0 Å². The summed E-state index contributed by atoms with van der Waals surface area (Å²) in [5.41, 5.74) is 4.48. The molecule has 1 aromatic heterocycles. The Morgan fingerprint density at radius 3 is 2.39 bits per heavy atom. The molecule has 2 heterocycles. The van der Waals surface area contributed by atoms with Gasteiger partial charge in [0.15, 0.2) is 5.82 Å². The van der Waals surface area contributed by atoms with Crippen molar-refractivity contribution in [3.8, 4) is 11.3 Å². The van der Waals surface area contributed by atoms with Crippen LogP contribution in [0.4, 0.5) is 11.5 Å². The maximum absolute atomic E-state index is 13.0. The highest BCUT2D eigenvalue weighted by molar-refractivity contribution is 7.92. The fourth-order valence-electron chi connectivity index (χ4n) is 4.43. The number of anilines is 2. The Labute approximate surface area is 183 Å². The number of fused-ring (bicyclic) bond motifs is 1. The molecule has 0 radical (unpaired) electrons. The van der Waals surface area contributed by atoms with Crippen LogP contribution in [0.5, 0.6) is 0 Å². The summed E-state index contributed by atoms with van der Waals surface area (Å²) in [6, 6.07) is 16.7. The molecule has 0 atom stereocenters. The van der Waals surface area contributed by atoms with Crippen LogP contribution in [0.1, 0.15) is 36.8 Å². The van der Waals surface area contributed by atoms with Crippen LogP contribution < -0.4 is 9.62 Å². The van der Waals surface area contributed by atoms with E-state index >= 15 is 0 Å². The lowest BCUT2D eigenvalue weighted by Gasteiger charge is -2.17.